The second-order valence-electron chi connectivity index (χ2n) is 6.74. The van der Waals surface area contributed by atoms with Gasteiger partial charge >= 0.3 is 0 Å². The average Bonchev–Trinajstić information content (AvgIpc) is 2.44. The molecule has 22 heavy (non-hydrogen) atoms. The molecular formula is C18H27N3O. The monoisotopic (exact) mass is 301 g/mol. The third-order valence-electron chi connectivity index (χ3n) is 4.63. The van der Waals surface area contributed by atoms with Crippen LogP contribution < -0.4 is 16.2 Å². The number of hydrazine groups is 1. The molecular weight excluding hydrogens is 274 g/mol. The van der Waals surface area contributed by atoms with E-state index in [1.165, 1.54) is 22.3 Å². The van der Waals surface area contributed by atoms with Crippen LogP contribution in [0.1, 0.15) is 50.8 Å². The smallest absolute Gasteiger partial charge is 0.256 e. The minimum absolute atomic E-state index is 0.146. The van der Waals surface area contributed by atoms with Gasteiger partial charge in [-0.15, -0.1) is 0 Å². The molecule has 0 saturated heterocycles. The molecule has 4 nitrogen and oxygen atoms in total. The van der Waals surface area contributed by atoms with Gasteiger partial charge in [0.25, 0.3) is 5.91 Å². The Bertz CT molecular complexity index is 631. The number of nitrogens with two attached hydrogens (primary N) is 1. The van der Waals surface area contributed by atoms with Crippen molar-refractivity contribution in [3.8, 4) is 0 Å². The molecule has 1 aromatic rings. The highest BCUT2D eigenvalue weighted by Gasteiger charge is 2.38. The maximum Gasteiger partial charge on any atom is 0.256 e. The third kappa shape index (κ3) is 2.63. The molecule has 0 aromatic heterocycles. The predicted molar refractivity (Wildman–Crippen MR) is 92.5 cm³/mol. The molecule has 0 spiro atoms. The Morgan fingerprint density at radius 2 is 1.86 bits per heavy atom. The topological polar surface area (TPSA) is 58.4 Å². The van der Waals surface area contributed by atoms with Gasteiger partial charge in [-0.1, -0.05) is 13.0 Å². The number of nitrogens with zero attached hydrogens (tertiary/aromatic N) is 1. The summed E-state index contributed by atoms with van der Waals surface area (Å²) in [4.78, 5) is 14.5. The normalized spacial score (nSPS) is 17.6. The van der Waals surface area contributed by atoms with Crippen LogP contribution in [0.25, 0.3) is 5.57 Å². The number of fused-ring (bicyclic) bond motifs is 1. The molecule has 1 aromatic carbocycles. The minimum atomic E-state index is -0.287. The fourth-order valence-electron chi connectivity index (χ4n) is 3.45. The molecule has 0 bridgehead atoms. The van der Waals surface area contributed by atoms with E-state index < -0.39 is 0 Å². The van der Waals surface area contributed by atoms with Gasteiger partial charge in [0.2, 0.25) is 0 Å². The van der Waals surface area contributed by atoms with Crippen molar-refractivity contribution >= 4 is 17.2 Å². The van der Waals surface area contributed by atoms with Gasteiger partial charge in [0.05, 0.1) is 5.54 Å². The lowest BCUT2D eigenvalue weighted by Crippen LogP contribution is -2.57. The third-order valence-corrected chi connectivity index (χ3v) is 4.63. The Morgan fingerprint density at radius 3 is 2.41 bits per heavy atom. The second-order valence-corrected chi connectivity index (χ2v) is 6.74. The lowest BCUT2D eigenvalue weighted by Gasteiger charge is -2.47. The number of hydrogen-bond acceptors (Lipinski definition) is 3. The first-order valence-corrected chi connectivity index (χ1v) is 7.83. The van der Waals surface area contributed by atoms with E-state index in [2.05, 4.69) is 63.2 Å². The van der Waals surface area contributed by atoms with Crippen molar-refractivity contribution in [2.75, 3.05) is 4.90 Å². The van der Waals surface area contributed by atoms with Crippen molar-refractivity contribution in [3.63, 3.8) is 0 Å². The summed E-state index contributed by atoms with van der Waals surface area (Å²) in [7, 11) is 0. The van der Waals surface area contributed by atoms with Gasteiger partial charge in [-0.25, -0.2) is 5.84 Å². The van der Waals surface area contributed by atoms with Gasteiger partial charge in [0, 0.05) is 11.3 Å². The number of hydrogen-bond donors (Lipinski definition) is 2. The van der Waals surface area contributed by atoms with Crippen molar-refractivity contribution < 1.29 is 4.79 Å². The fourth-order valence-corrected chi connectivity index (χ4v) is 3.45. The van der Waals surface area contributed by atoms with Crippen LogP contribution >= 0.6 is 0 Å². The molecule has 1 amide bonds. The number of amides is 1. The predicted octanol–water partition coefficient (Wildman–Crippen LogP) is 3.07. The second kappa shape index (κ2) is 5.76. The lowest BCUT2D eigenvalue weighted by molar-refractivity contribution is -0.122. The first kappa shape index (κ1) is 16.6. The molecule has 1 atom stereocenters. The first-order valence-electron chi connectivity index (χ1n) is 7.83. The fraction of sp³-hybridized carbons (Fsp3) is 0.500. The summed E-state index contributed by atoms with van der Waals surface area (Å²) in [6.07, 6.45) is 2.93. The van der Waals surface area contributed by atoms with Crippen molar-refractivity contribution in [2.24, 2.45) is 5.84 Å². The number of nitrogens with one attached hydrogen (secondary N) is 1. The zero-order valence-electron chi connectivity index (χ0n) is 14.4. The van der Waals surface area contributed by atoms with E-state index in [-0.39, 0.29) is 17.5 Å². The Balaban J connectivity index is 2.68. The molecule has 1 heterocycles. The lowest BCUT2D eigenvalue weighted by atomic mass is 9.85. The summed E-state index contributed by atoms with van der Waals surface area (Å²) in [5.74, 6) is 5.26. The Morgan fingerprint density at radius 1 is 1.27 bits per heavy atom. The van der Waals surface area contributed by atoms with Crippen molar-refractivity contribution in [3.05, 3.63) is 34.9 Å². The van der Waals surface area contributed by atoms with E-state index in [0.717, 1.165) is 5.69 Å². The van der Waals surface area contributed by atoms with E-state index in [4.69, 9.17) is 5.84 Å². The first-order chi connectivity index (χ1) is 10.2. The molecule has 0 saturated carbocycles. The number of aryl methyl sites for hydroxylation is 2. The average molecular weight is 301 g/mol. The molecule has 0 fully saturated rings. The number of benzene rings is 1. The van der Waals surface area contributed by atoms with E-state index in [0.29, 0.717) is 6.42 Å². The molecule has 1 aliphatic heterocycles. The molecule has 2 rings (SSSR count). The SMILES string of the molecule is CC[C@@H](C(=O)NN)N1c2cc(C)c(C)cc2C(C)=CC1(C)C. The number of carbonyl (C=O) groups excluding carboxylic acids is 1. The Hall–Kier alpha value is -1.81. The summed E-state index contributed by atoms with van der Waals surface area (Å²) in [5.41, 5.74) is 8.14. The number of anilines is 1. The molecule has 4 heteroatoms. The van der Waals surface area contributed by atoms with Crippen molar-refractivity contribution in [1.82, 2.24) is 5.43 Å². The van der Waals surface area contributed by atoms with Gasteiger partial charge in [-0.3, -0.25) is 10.2 Å². The van der Waals surface area contributed by atoms with Crippen LogP contribution in [0.2, 0.25) is 0 Å². The largest absolute Gasteiger partial charge is 0.350 e. The highest BCUT2D eigenvalue weighted by atomic mass is 16.2. The van der Waals surface area contributed by atoms with Gasteiger partial charge in [-0.2, -0.15) is 0 Å². The van der Waals surface area contributed by atoms with E-state index in [9.17, 15) is 4.79 Å². The summed E-state index contributed by atoms with van der Waals surface area (Å²) in [6.45, 7) is 12.7. The minimum Gasteiger partial charge on any atom is -0.350 e. The van der Waals surface area contributed by atoms with Crippen LogP contribution in [0, 0.1) is 13.8 Å². The van der Waals surface area contributed by atoms with Crippen LogP contribution in [0.5, 0.6) is 0 Å². The molecule has 120 valence electrons. The maximum absolute atomic E-state index is 12.3. The zero-order valence-corrected chi connectivity index (χ0v) is 14.4. The van der Waals surface area contributed by atoms with Crippen LogP contribution in [-0.2, 0) is 4.79 Å². The van der Waals surface area contributed by atoms with E-state index >= 15 is 0 Å². The number of rotatable bonds is 3. The molecule has 0 aliphatic carbocycles. The van der Waals surface area contributed by atoms with Crippen LogP contribution in [0.4, 0.5) is 5.69 Å². The van der Waals surface area contributed by atoms with Crippen molar-refractivity contribution in [2.45, 2.75) is 59.5 Å². The quantitative estimate of drug-likeness (QED) is 0.512. The molecule has 1 aliphatic rings. The summed E-state index contributed by atoms with van der Waals surface area (Å²) < 4.78 is 0. The molecule has 0 unspecified atom stereocenters. The molecule has 0 radical (unpaired) electrons. The van der Waals surface area contributed by atoms with E-state index in [1.807, 2.05) is 6.92 Å². The van der Waals surface area contributed by atoms with Gasteiger partial charge in [0.15, 0.2) is 0 Å². The number of allylic oxidation sites excluding steroid dienone is 1. The van der Waals surface area contributed by atoms with Crippen LogP contribution in [0.15, 0.2) is 18.2 Å². The van der Waals surface area contributed by atoms with Gasteiger partial charge in [-0.05, 0) is 69.9 Å². The standard InChI is InChI=1S/C18H27N3O/c1-7-15(17(22)20-19)21-16-9-12(3)11(2)8-14(16)13(4)10-18(21,5)6/h8-10,15H,7,19H2,1-6H3,(H,20,22)/t15-/m0/s1. The van der Waals surface area contributed by atoms with Crippen LogP contribution in [0.3, 0.4) is 0 Å². The highest BCUT2D eigenvalue weighted by molar-refractivity contribution is 5.90. The molecule has 3 N–H and O–H groups in total. The van der Waals surface area contributed by atoms with Gasteiger partial charge < -0.3 is 4.90 Å². The summed E-state index contributed by atoms with van der Waals surface area (Å²) in [5, 5.41) is 0. The highest BCUT2D eigenvalue weighted by Crippen LogP contribution is 2.41. The zero-order chi connectivity index (χ0) is 16.7. The summed E-state index contributed by atoms with van der Waals surface area (Å²) >= 11 is 0. The maximum atomic E-state index is 12.3. The van der Waals surface area contributed by atoms with Crippen molar-refractivity contribution in [1.29, 1.82) is 0 Å². The van der Waals surface area contributed by atoms with E-state index in [1.54, 1.807) is 0 Å². The van der Waals surface area contributed by atoms with Crippen LogP contribution in [-0.4, -0.2) is 17.5 Å². The Kier molecular flexibility index (Phi) is 4.34. The Labute approximate surface area is 133 Å². The summed E-state index contributed by atoms with van der Waals surface area (Å²) in [6, 6.07) is 4.12. The van der Waals surface area contributed by atoms with Gasteiger partial charge in [0.1, 0.15) is 6.04 Å². The number of carbonyl (C=O) groups is 1.